The largest absolute Gasteiger partial charge is 0.497 e. The number of benzene rings is 2. The molecule has 0 spiro atoms. The Hall–Kier alpha value is -2.49. The Morgan fingerprint density at radius 2 is 1.90 bits per heavy atom. The summed E-state index contributed by atoms with van der Waals surface area (Å²) in [5, 5.41) is 0. The molecule has 21 heavy (non-hydrogen) atoms. The van der Waals surface area contributed by atoms with Crippen LogP contribution in [0.4, 0.5) is 5.69 Å². The van der Waals surface area contributed by atoms with Gasteiger partial charge in [-0.1, -0.05) is 19.1 Å². The molecule has 0 aliphatic carbocycles. The number of methoxy groups -OCH3 is 1. The molecule has 0 saturated carbocycles. The summed E-state index contributed by atoms with van der Waals surface area (Å²) in [7, 11) is 1.56. The summed E-state index contributed by atoms with van der Waals surface area (Å²) >= 11 is 0. The molecule has 2 N–H and O–H groups in total. The van der Waals surface area contributed by atoms with E-state index in [1.54, 1.807) is 37.4 Å². The maximum absolute atomic E-state index is 12.6. The van der Waals surface area contributed by atoms with Crippen molar-refractivity contribution in [3.63, 3.8) is 0 Å². The van der Waals surface area contributed by atoms with Crippen LogP contribution in [-0.4, -0.2) is 19.5 Å². The third-order valence-corrected chi connectivity index (χ3v) is 3.10. The van der Waals surface area contributed by atoms with Gasteiger partial charge < -0.3 is 15.2 Å². The number of ether oxygens (including phenoxy) is 2. The number of hydrogen-bond donors (Lipinski definition) is 1. The first-order chi connectivity index (χ1) is 10.2. The first-order valence-corrected chi connectivity index (χ1v) is 6.87. The van der Waals surface area contributed by atoms with Gasteiger partial charge in [-0.25, -0.2) is 0 Å². The van der Waals surface area contributed by atoms with Crippen LogP contribution in [0.15, 0.2) is 42.5 Å². The smallest absolute Gasteiger partial charge is 0.198 e. The molecule has 0 amide bonds. The van der Waals surface area contributed by atoms with Crippen LogP contribution in [0.2, 0.25) is 0 Å². The van der Waals surface area contributed by atoms with E-state index in [0.29, 0.717) is 34.9 Å². The number of rotatable bonds is 6. The first kappa shape index (κ1) is 14.9. The molecule has 0 radical (unpaired) electrons. The Balaban J connectivity index is 2.36. The second-order valence-electron chi connectivity index (χ2n) is 4.63. The molecule has 4 heteroatoms. The van der Waals surface area contributed by atoms with Gasteiger partial charge in [0.05, 0.1) is 19.3 Å². The SMILES string of the molecule is CCCOc1ccccc1C(=O)c1ccc(OC)cc1N. The Morgan fingerprint density at radius 3 is 2.57 bits per heavy atom. The molecule has 0 aliphatic rings. The van der Waals surface area contributed by atoms with E-state index in [9.17, 15) is 4.79 Å². The van der Waals surface area contributed by atoms with Crippen LogP contribution in [0.3, 0.4) is 0 Å². The summed E-state index contributed by atoms with van der Waals surface area (Å²) in [4.78, 5) is 12.6. The normalized spacial score (nSPS) is 10.2. The highest BCUT2D eigenvalue weighted by Crippen LogP contribution is 2.26. The fourth-order valence-electron chi connectivity index (χ4n) is 2.01. The number of nitrogens with two attached hydrogens (primary N) is 1. The van der Waals surface area contributed by atoms with Crippen molar-refractivity contribution >= 4 is 11.5 Å². The van der Waals surface area contributed by atoms with Crippen molar-refractivity contribution in [1.82, 2.24) is 0 Å². The van der Waals surface area contributed by atoms with E-state index in [-0.39, 0.29) is 5.78 Å². The van der Waals surface area contributed by atoms with Crippen molar-refractivity contribution in [3.8, 4) is 11.5 Å². The molecule has 110 valence electrons. The molecular formula is C17H19NO3. The lowest BCUT2D eigenvalue weighted by Crippen LogP contribution is -2.08. The van der Waals surface area contributed by atoms with Crippen LogP contribution in [0.1, 0.15) is 29.3 Å². The maximum atomic E-state index is 12.6. The quantitative estimate of drug-likeness (QED) is 0.653. The summed E-state index contributed by atoms with van der Waals surface area (Å²) in [5.41, 5.74) is 7.30. The van der Waals surface area contributed by atoms with E-state index in [1.165, 1.54) is 0 Å². The number of nitrogen functional groups attached to an aromatic ring is 1. The highest BCUT2D eigenvalue weighted by Gasteiger charge is 2.17. The third kappa shape index (κ3) is 3.34. The lowest BCUT2D eigenvalue weighted by molar-refractivity contribution is 0.103. The van der Waals surface area contributed by atoms with Gasteiger partial charge >= 0.3 is 0 Å². The molecule has 2 aromatic carbocycles. The van der Waals surface area contributed by atoms with Gasteiger partial charge in [-0.05, 0) is 30.7 Å². The van der Waals surface area contributed by atoms with E-state index < -0.39 is 0 Å². The topological polar surface area (TPSA) is 61.5 Å². The molecule has 0 fully saturated rings. The molecule has 2 rings (SSSR count). The van der Waals surface area contributed by atoms with Gasteiger partial charge in [0, 0.05) is 17.3 Å². The number of hydrogen-bond acceptors (Lipinski definition) is 4. The lowest BCUT2D eigenvalue weighted by atomic mass is 10.0. The van der Waals surface area contributed by atoms with Crippen molar-refractivity contribution in [3.05, 3.63) is 53.6 Å². The van der Waals surface area contributed by atoms with E-state index in [4.69, 9.17) is 15.2 Å². The summed E-state index contributed by atoms with van der Waals surface area (Å²) in [5.74, 6) is 1.06. The number of para-hydroxylation sites is 1. The van der Waals surface area contributed by atoms with Crippen LogP contribution in [0, 0.1) is 0 Å². The second-order valence-corrected chi connectivity index (χ2v) is 4.63. The van der Waals surface area contributed by atoms with Crippen LogP contribution in [-0.2, 0) is 0 Å². The predicted octanol–water partition coefficient (Wildman–Crippen LogP) is 3.30. The zero-order chi connectivity index (χ0) is 15.2. The molecule has 0 heterocycles. The van der Waals surface area contributed by atoms with E-state index in [0.717, 1.165) is 6.42 Å². The fraction of sp³-hybridized carbons (Fsp3) is 0.235. The van der Waals surface area contributed by atoms with Crippen molar-refractivity contribution in [2.24, 2.45) is 0 Å². The van der Waals surface area contributed by atoms with Crippen LogP contribution >= 0.6 is 0 Å². The molecule has 0 aromatic heterocycles. The van der Waals surface area contributed by atoms with E-state index >= 15 is 0 Å². The molecule has 2 aromatic rings. The van der Waals surface area contributed by atoms with Crippen molar-refractivity contribution in [1.29, 1.82) is 0 Å². The molecule has 0 bridgehead atoms. The van der Waals surface area contributed by atoms with Crippen LogP contribution in [0.5, 0.6) is 11.5 Å². The Labute approximate surface area is 124 Å². The number of anilines is 1. The van der Waals surface area contributed by atoms with E-state index in [1.807, 2.05) is 19.1 Å². The maximum Gasteiger partial charge on any atom is 0.198 e. The van der Waals surface area contributed by atoms with Crippen molar-refractivity contribution in [2.75, 3.05) is 19.5 Å². The van der Waals surface area contributed by atoms with Gasteiger partial charge in [0.15, 0.2) is 5.78 Å². The Bertz CT molecular complexity index is 638. The minimum atomic E-state index is -0.151. The van der Waals surface area contributed by atoms with Gasteiger partial charge in [0.2, 0.25) is 0 Å². The second kappa shape index (κ2) is 6.79. The molecule has 0 saturated heterocycles. The standard InChI is InChI=1S/C17H19NO3/c1-3-10-21-16-7-5-4-6-14(16)17(19)13-9-8-12(20-2)11-15(13)18/h4-9,11H,3,10,18H2,1-2H3. The summed E-state index contributed by atoms with van der Waals surface area (Å²) in [6.45, 7) is 2.59. The molecule has 0 atom stereocenters. The Morgan fingerprint density at radius 1 is 1.14 bits per heavy atom. The van der Waals surface area contributed by atoms with Gasteiger partial charge in [-0.3, -0.25) is 4.79 Å². The van der Waals surface area contributed by atoms with Gasteiger partial charge in [0.25, 0.3) is 0 Å². The van der Waals surface area contributed by atoms with E-state index in [2.05, 4.69) is 0 Å². The molecule has 0 unspecified atom stereocenters. The number of carbonyl (C=O) groups excluding carboxylic acids is 1. The minimum absolute atomic E-state index is 0.151. The average molecular weight is 285 g/mol. The Kier molecular flexibility index (Phi) is 4.82. The highest BCUT2D eigenvalue weighted by molar-refractivity contribution is 6.13. The van der Waals surface area contributed by atoms with Gasteiger partial charge in [0.1, 0.15) is 11.5 Å². The summed E-state index contributed by atoms with van der Waals surface area (Å²) in [6.07, 6.45) is 0.882. The lowest BCUT2D eigenvalue weighted by Gasteiger charge is -2.11. The molecular weight excluding hydrogens is 266 g/mol. The van der Waals surface area contributed by atoms with Gasteiger partial charge in [-0.2, -0.15) is 0 Å². The van der Waals surface area contributed by atoms with Gasteiger partial charge in [-0.15, -0.1) is 0 Å². The molecule has 4 nitrogen and oxygen atoms in total. The first-order valence-electron chi connectivity index (χ1n) is 6.87. The van der Waals surface area contributed by atoms with Crippen molar-refractivity contribution in [2.45, 2.75) is 13.3 Å². The monoisotopic (exact) mass is 285 g/mol. The summed E-state index contributed by atoms with van der Waals surface area (Å²) in [6, 6.07) is 12.2. The highest BCUT2D eigenvalue weighted by atomic mass is 16.5. The van der Waals surface area contributed by atoms with Crippen molar-refractivity contribution < 1.29 is 14.3 Å². The van der Waals surface area contributed by atoms with Crippen LogP contribution < -0.4 is 15.2 Å². The molecule has 0 aliphatic heterocycles. The fourth-order valence-corrected chi connectivity index (χ4v) is 2.01. The third-order valence-electron chi connectivity index (χ3n) is 3.10. The zero-order valence-electron chi connectivity index (χ0n) is 12.3. The minimum Gasteiger partial charge on any atom is -0.497 e. The van der Waals surface area contributed by atoms with Crippen LogP contribution in [0.25, 0.3) is 0 Å². The zero-order valence-corrected chi connectivity index (χ0v) is 12.3. The number of carbonyl (C=O) groups is 1. The average Bonchev–Trinajstić information content (AvgIpc) is 2.52. The predicted molar refractivity (Wildman–Crippen MR) is 83.1 cm³/mol. The summed E-state index contributed by atoms with van der Waals surface area (Å²) < 4.78 is 10.7. The number of ketones is 1.